The van der Waals surface area contributed by atoms with Crippen LogP contribution < -0.4 is 0 Å². The third-order valence-corrected chi connectivity index (χ3v) is 0. The van der Waals surface area contributed by atoms with Gasteiger partial charge in [0.15, 0.2) is 0 Å². The van der Waals surface area contributed by atoms with Gasteiger partial charge in [-0.3, -0.25) is 0 Å². The zero-order chi connectivity index (χ0) is 0. The smallest absolute Gasteiger partial charge is 0 e. The third-order valence-electron chi connectivity index (χ3n) is 0. The molecule has 0 saturated heterocycles. The van der Waals surface area contributed by atoms with Crippen molar-refractivity contribution < 1.29 is 70.1 Å². The average Bonchev–Trinajstić information content (AvgIpc) is 0. The zero-order valence-electron chi connectivity index (χ0n) is 1.70. The van der Waals surface area contributed by atoms with Crippen LogP contribution in [0.4, 0.5) is 0 Å². The van der Waals surface area contributed by atoms with E-state index in [1.165, 1.54) is 0 Å². The first-order valence-electron chi connectivity index (χ1n) is 0. The van der Waals surface area contributed by atoms with Crippen LogP contribution in [-0.2, 0) is 70.1 Å². The molecule has 0 fully saturated rings. The molecule has 0 rings (SSSR count). The van der Waals surface area contributed by atoms with Crippen molar-refractivity contribution in [2.24, 2.45) is 0 Å². The molecule has 4 heavy (non-hydrogen) atoms. The van der Waals surface area contributed by atoms with Crippen molar-refractivity contribution in [1.29, 1.82) is 0 Å². The summed E-state index contributed by atoms with van der Waals surface area (Å²) in [6.07, 6.45) is 0. The summed E-state index contributed by atoms with van der Waals surface area (Å²) in [5, 5.41) is 0. The van der Waals surface area contributed by atoms with Gasteiger partial charge in [0, 0.05) is 70.1 Å². The number of rotatable bonds is 0. The molecule has 2 radical (unpaired) electrons. The minimum atomic E-state index is 0. The van der Waals surface area contributed by atoms with E-state index in [2.05, 4.69) is 0 Å². The SMILES string of the molecule is [Cu].[Mn].[Ni].[Zn]. The van der Waals surface area contributed by atoms with E-state index in [-0.39, 0.29) is 70.1 Å². The van der Waals surface area contributed by atoms with Gasteiger partial charge >= 0.3 is 0 Å². The maximum absolute atomic E-state index is 0. The van der Waals surface area contributed by atoms with E-state index in [1.54, 1.807) is 0 Å². The molecule has 0 atom stereocenters. The second-order valence-electron chi connectivity index (χ2n) is 0. The van der Waals surface area contributed by atoms with Gasteiger partial charge in [-0.05, 0) is 0 Å². The zero-order valence-corrected chi connectivity index (χ0v) is 7.78. The second-order valence-corrected chi connectivity index (χ2v) is 0. The van der Waals surface area contributed by atoms with Gasteiger partial charge in [-0.2, -0.15) is 0 Å². The molecule has 0 aliphatic heterocycles. The number of hydrogen-bond acceptors (Lipinski definition) is 0. The van der Waals surface area contributed by atoms with Crippen LogP contribution in [-0.4, -0.2) is 0 Å². The van der Waals surface area contributed by atoms with Gasteiger partial charge in [0.25, 0.3) is 0 Å². The fraction of sp³-hybridized carbons (Fsp3) is 0. The first-order valence-corrected chi connectivity index (χ1v) is 0. The minimum absolute atomic E-state index is 0. The van der Waals surface area contributed by atoms with E-state index < -0.39 is 0 Å². The minimum Gasteiger partial charge on any atom is 0 e. The molecule has 0 spiro atoms. The van der Waals surface area contributed by atoms with E-state index in [9.17, 15) is 0 Å². The van der Waals surface area contributed by atoms with Gasteiger partial charge in [0.2, 0.25) is 0 Å². The van der Waals surface area contributed by atoms with Crippen LogP contribution in [0, 0.1) is 0 Å². The molecule has 0 saturated carbocycles. The topological polar surface area (TPSA) is 0 Å². The summed E-state index contributed by atoms with van der Waals surface area (Å²) < 4.78 is 0. The molecule has 0 heterocycles. The first-order chi connectivity index (χ1) is 0. The van der Waals surface area contributed by atoms with E-state index in [0.717, 1.165) is 0 Å². The number of hydrogen-bond donors (Lipinski definition) is 0. The van der Waals surface area contributed by atoms with Gasteiger partial charge in [-0.25, -0.2) is 0 Å². The summed E-state index contributed by atoms with van der Waals surface area (Å²) in [5.74, 6) is 0. The predicted molar refractivity (Wildman–Crippen MR) is 0 cm³/mol. The van der Waals surface area contributed by atoms with Gasteiger partial charge in [0.1, 0.15) is 0 Å². The van der Waals surface area contributed by atoms with E-state index in [1.807, 2.05) is 0 Å². The van der Waals surface area contributed by atoms with Crippen LogP contribution in [0.1, 0.15) is 0 Å². The Morgan fingerprint density at radius 2 is 1.00 bits per heavy atom. The Bertz CT molecular complexity index is 8.00. The molecule has 4 heteroatoms. The third kappa shape index (κ3) is 8.91. The molecule has 0 aromatic heterocycles. The van der Waals surface area contributed by atoms with Crippen LogP contribution >= 0.6 is 0 Å². The summed E-state index contributed by atoms with van der Waals surface area (Å²) in [6.45, 7) is 0. The predicted octanol–water partition coefficient (Wildman–Crippen LogP) is -0.0100. The maximum Gasteiger partial charge on any atom is 0 e. The Morgan fingerprint density at radius 1 is 1.00 bits per heavy atom. The quantitative estimate of drug-likeness (QED) is 0.524. The van der Waals surface area contributed by atoms with Crippen molar-refractivity contribution in [1.82, 2.24) is 0 Å². The van der Waals surface area contributed by atoms with Crippen molar-refractivity contribution in [2.75, 3.05) is 0 Å². The van der Waals surface area contributed by atoms with Crippen LogP contribution in [0.3, 0.4) is 0 Å². The Kier molecular flexibility index (Phi) is 169. The normalized spacial score (nSPS) is 0. The van der Waals surface area contributed by atoms with Crippen molar-refractivity contribution in [2.45, 2.75) is 0 Å². The van der Waals surface area contributed by atoms with Gasteiger partial charge in [-0.15, -0.1) is 0 Å². The molecule has 0 aromatic carbocycles. The van der Waals surface area contributed by atoms with E-state index in [4.69, 9.17) is 0 Å². The molecule has 0 aliphatic carbocycles. The van der Waals surface area contributed by atoms with Gasteiger partial charge in [-0.1, -0.05) is 0 Å². The van der Waals surface area contributed by atoms with Crippen LogP contribution in [0.15, 0.2) is 0 Å². The average molecular weight is 243 g/mol. The van der Waals surface area contributed by atoms with Crippen molar-refractivity contribution >= 4 is 0 Å². The summed E-state index contributed by atoms with van der Waals surface area (Å²) in [6, 6.07) is 0. The van der Waals surface area contributed by atoms with Crippen molar-refractivity contribution in [3.63, 3.8) is 0 Å². The Balaban J connectivity index is 0. The summed E-state index contributed by atoms with van der Waals surface area (Å²) in [7, 11) is 0. The van der Waals surface area contributed by atoms with E-state index in [0.29, 0.717) is 0 Å². The first kappa shape index (κ1) is 35.2. The maximum atomic E-state index is 0. The van der Waals surface area contributed by atoms with Crippen molar-refractivity contribution in [3.05, 3.63) is 0 Å². The molecule has 30 valence electrons. The Hall–Kier alpha value is 2.16. The Morgan fingerprint density at radius 3 is 1.00 bits per heavy atom. The molecule has 0 nitrogen and oxygen atoms in total. The molecule has 0 aliphatic rings. The standard InChI is InChI=1S/Cu.Mn.Ni.Zn. The summed E-state index contributed by atoms with van der Waals surface area (Å²) in [5.41, 5.74) is 0. The molecule has 0 aromatic rings. The van der Waals surface area contributed by atoms with E-state index >= 15 is 0 Å². The van der Waals surface area contributed by atoms with Crippen LogP contribution in [0.2, 0.25) is 0 Å². The summed E-state index contributed by atoms with van der Waals surface area (Å²) >= 11 is 0. The monoisotopic (exact) mass is 240 g/mol. The molecule has 0 unspecified atom stereocenters. The second kappa shape index (κ2) is 19.2. The Labute approximate surface area is 69.5 Å². The largest absolute Gasteiger partial charge is 0 e. The van der Waals surface area contributed by atoms with Gasteiger partial charge in [0.05, 0.1) is 0 Å². The van der Waals surface area contributed by atoms with Crippen LogP contribution in [0.25, 0.3) is 0 Å². The summed E-state index contributed by atoms with van der Waals surface area (Å²) in [4.78, 5) is 0. The molecular formula is CuMnNiZn. The van der Waals surface area contributed by atoms with Crippen molar-refractivity contribution in [3.8, 4) is 0 Å². The molecule has 0 bridgehead atoms. The van der Waals surface area contributed by atoms with Gasteiger partial charge < -0.3 is 0 Å². The fourth-order valence-electron chi connectivity index (χ4n) is 0. The molecule has 0 N–H and O–H groups in total. The van der Waals surface area contributed by atoms with Crippen LogP contribution in [0.5, 0.6) is 0 Å². The molecule has 0 amide bonds. The molecular weight excluding hydrogens is 243 g/mol. The fourth-order valence-corrected chi connectivity index (χ4v) is 0.